The minimum atomic E-state index is -0.0496. The van der Waals surface area contributed by atoms with Crippen LogP contribution in [0.2, 0.25) is 0 Å². The average molecular weight is 545 g/mol. The maximum atomic E-state index is 13.4. The van der Waals surface area contributed by atoms with Crippen LogP contribution in [-0.2, 0) is 0 Å². The molecule has 0 aromatic heterocycles. The average Bonchev–Trinajstić information content (AvgIpc) is 2.94. The third-order valence-corrected chi connectivity index (χ3v) is 7.67. The molecule has 5 nitrogen and oxygen atoms in total. The normalized spacial score (nSPS) is 15.3. The molecular formula is C35H48N2O3. The first-order chi connectivity index (χ1) is 19.2. The van der Waals surface area contributed by atoms with Crippen LogP contribution in [0.25, 0.3) is 5.57 Å². The third kappa shape index (κ3) is 7.18. The van der Waals surface area contributed by atoms with Crippen molar-refractivity contribution < 1.29 is 14.3 Å². The molecule has 1 fully saturated rings. The van der Waals surface area contributed by atoms with Crippen molar-refractivity contribution in [3.8, 4) is 11.5 Å². The summed E-state index contributed by atoms with van der Waals surface area (Å²) >= 11 is 0. The molecule has 5 heteroatoms. The lowest BCUT2D eigenvalue weighted by Gasteiger charge is -2.37. The van der Waals surface area contributed by atoms with Crippen LogP contribution in [0.1, 0.15) is 82.3 Å². The van der Waals surface area contributed by atoms with Crippen LogP contribution in [0.3, 0.4) is 0 Å². The number of nitrogens with zero attached hydrogens (tertiary/aromatic N) is 2. The fourth-order valence-electron chi connectivity index (χ4n) is 4.89. The number of likely N-dealkylation sites (tertiary alicyclic amines) is 1. The summed E-state index contributed by atoms with van der Waals surface area (Å²) in [5.74, 6) is 2.01. The fraction of sp³-hybridized carbons (Fsp3) is 0.457. The molecule has 1 unspecified atom stereocenters. The summed E-state index contributed by atoms with van der Waals surface area (Å²) in [5, 5.41) is 0. The molecule has 2 aromatic rings. The van der Waals surface area contributed by atoms with Crippen molar-refractivity contribution in [2.24, 2.45) is 11.8 Å². The SMILES string of the molecule is CC/C=C/C(=C\C(C)CC)c1ccc(N(/C=C(/C)CC)c2cc(OC)c(C(=O)N3CC(C)C3)c(OC)c2)c(C)c1. The van der Waals surface area contributed by atoms with Crippen molar-refractivity contribution >= 4 is 22.9 Å². The van der Waals surface area contributed by atoms with Crippen molar-refractivity contribution in [1.29, 1.82) is 0 Å². The van der Waals surface area contributed by atoms with Gasteiger partial charge in [-0.2, -0.15) is 0 Å². The molecule has 2 aromatic carbocycles. The van der Waals surface area contributed by atoms with E-state index in [9.17, 15) is 4.79 Å². The third-order valence-electron chi connectivity index (χ3n) is 7.67. The first-order valence-corrected chi connectivity index (χ1v) is 14.7. The number of allylic oxidation sites excluding steroid dienone is 5. The Morgan fingerprint density at radius 3 is 2.25 bits per heavy atom. The number of hydrogen-bond acceptors (Lipinski definition) is 4. The van der Waals surface area contributed by atoms with Crippen LogP contribution in [0.4, 0.5) is 11.4 Å². The van der Waals surface area contributed by atoms with E-state index in [1.807, 2.05) is 17.0 Å². The highest BCUT2D eigenvalue weighted by atomic mass is 16.5. The molecular weight excluding hydrogens is 496 g/mol. The van der Waals surface area contributed by atoms with Gasteiger partial charge in [0.15, 0.2) is 0 Å². The monoisotopic (exact) mass is 544 g/mol. The molecule has 1 amide bonds. The molecule has 1 aliphatic heterocycles. The van der Waals surface area contributed by atoms with E-state index in [0.29, 0.717) is 28.9 Å². The van der Waals surface area contributed by atoms with Crippen molar-refractivity contribution in [3.63, 3.8) is 0 Å². The maximum Gasteiger partial charge on any atom is 0.261 e. The van der Waals surface area contributed by atoms with Crippen LogP contribution in [0, 0.1) is 18.8 Å². The van der Waals surface area contributed by atoms with Gasteiger partial charge in [0.2, 0.25) is 0 Å². The zero-order chi connectivity index (χ0) is 29.4. The van der Waals surface area contributed by atoms with E-state index in [0.717, 1.165) is 49.3 Å². The van der Waals surface area contributed by atoms with Crippen molar-refractivity contribution in [3.05, 3.63) is 77.0 Å². The second-order valence-electron chi connectivity index (χ2n) is 11.1. The van der Waals surface area contributed by atoms with Gasteiger partial charge < -0.3 is 19.3 Å². The second-order valence-corrected chi connectivity index (χ2v) is 11.1. The number of hydrogen-bond donors (Lipinski definition) is 0. The number of anilines is 2. The van der Waals surface area contributed by atoms with Gasteiger partial charge >= 0.3 is 0 Å². The van der Waals surface area contributed by atoms with Crippen molar-refractivity contribution in [2.75, 3.05) is 32.2 Å². The van der Waals surface area contributed by atoms with Gasteiger partial charge in [0.25, 0.3) is 5.91 Å². The van der Waals surface area contributed by atoms with Gasteiger partial charge in [-0.15, -0.1) is 0 Å². The smallest absolute Gasteiger partial charge is 0.261 e. The Balaban J connectivity index is 2.13. The Morgan fingerprint density at radius 2 is 1.75 bits per heavy atom. The molecule has 1 atom stereocenters. The predicted octanol–water partition coefficient (Wildman–Crippen LogP) is 8.95. The van der Waals surface area contributed by atoms with Crippen LogP contribution in [0.15, 0.2) is 60.3 Å². The lowest BCUT2D eigenvalue weighted by Crippen LogP contribution is -2.48. The highest BCUT2D eigenvalue weighted by Gasteiger charge is 2.32. The molecule has 1 aliphatic rings. The summed E-state index contributed by atoms with van der Waals surface area (Å²) in [5.41, 5.74) is 7.29. The maximum absolute atomic E-state index is 13.4. The molecule has 0 aliphatic carbocycles. The van der Waals surface area contributed by atoms with Gasteiger partial charge in [-0.25, -0.2) is 0 Å². The molecule has 1 heterocycles. The van der Waals surface area contributed by atoms with Crippen LogP contribution < -0.4 is 14.4 Å². The molecule has 0 N–H and O–H groups in total. The van der Waals surface area contributed by atoms with E-state index >= 15 is 0 Å². The minimum absolute atomic E-state index is 0.0496. The Kier molecular flexibility index (Phi) is 11.1. The molecule has 216 valence electrons. The van der Waals surface area contributed by atoms with Crippen LogP contribution in [-0.4, -0.2) is 38.1 Å². The summed E-state index contributed by atoms with van der Waals surface area (Å²) in [6, 6.07) is 10.6. The zero-order valence-corrected chi connectivity index (χ0v) is 26.0. The van der Waals surface area contributed by atoms with E-state index in [-0.39, 0.29) is 5.91 Å². The predicted molar refractivity (Wildman–Crippen MR) is 169 cm³/mol. The fourth-order valence-corrected chi connectivity index (χ4v) is 4.89. The molecule has 0 spiro atoms. The van der Waals surface area contributed by atoms with Gasteiger partial charge in [0.1, 0.15) is 17.1 Å². The molecule has 1 saturated heterocycles. The van der Waals surface area contributed by atoms with Gasteiger partial charge in [0.05, 0.1) is 19.9 Å². The quantitative estimate of drug-likeness (QED) is 0.250. The first-order valence-electron chi connectivity index (χ1n) is 14.7. The summed E-state index contributed by atoms with van der Waals surface area (Å²) in [7, 11) is 3.22. The summed E-state index contributed by atoms with van der Waals surface area (Å²) in [6.07, 6.45) is 12.0. The summed E-state index contributed by atoms with van der Waals surface area (Å²) in [6.45, 7) is 16.8. The summed E-state index contributed by atoms with van der Waals surface area (Å²) in [4.78, 5) is 17.4. The number of carbonyl (C=O) groups excluding carboxylic acids is 1. The van der Waals surface area contributed by atoms with Gasteiger partial charge in [0, 0.05) is 37.1 Å². The van der Waals surface area contributed by atoms with Crippen molar-refractivity contribution in [1.82, 2.24) is 4.90 Å². The van der Waals surface area contributed by atoms with E-state index < -0.39 is 0 Å². The topological polar surface area (TPSA) is 42.0 Å². The van der Waals surface area contributed by atoms with E-state index in [1.54, 1.807) is 14.2 Å². The number of benzene rings is 2. The van der Waals surface area contributed by atoms with Crippen LogP contribution >= 0.6 is 0 Å². The largest absolute Gasteiger partial charge is 0.496 e. The first kappa shape index (κ1) is 31.1. The highest BCUT2D eigenvalue weighted by Crippen LogP contribution is 2.40. The number of carbonyl (C=O) groups is 1. The number of aryl methyl sites for hydroxylation is 1. The lowest BCUT2D eigenvalue weighted by molar-refractivity contribution is 0.0523. The highest BCUT2D eigenvalue weighted by molar-refractivity contribution is 6.01. The number of methoxy groups -OCH3 is 2. The Bertz CT molecular complexity index is 1240. The molecule has 3 rings (SSSR count). The standard InChI is InChI=1S/C35H48N2O3/c1-10-13-14-28(17-24(4)11-2)29-15-16-31(27(7)18-29)37(23-25(5)12-3)30-19-32(39-8)34(33(20-30)40-9)35(38)36-21-26(6)22-36/h13-20,23-24,26H,10-12,21-22H2,1-9H3/b14-13+,25-23-,28-17+. The molecule has 40 heavy (non-hydrogen) atoms. The number of amides is 1. The molecule has 0 bridgehead atoms. The number of rotatable bonds is 12. The Labute approximate surface area is 242 Å². The van der Waals surface area contributed by atoms with Gasteiger partial charge in [-0.3, -0.25) is 4.79 Å². The number of ether oxygens (including phenoxy) is 2. The van der Waals surface area contributed by atoms with E-state index in [4.69, 9.17) is 9.47 Å². The second kappa shape index (κ2) is 14.2. The van der Waals surface area contributed by atoms with E-state index in [1.165, 1.54) is 16.7 Å². The van der Waals surface area contributed by atoms with Crippen LogP contribution in [0.5, 0.6) is 11.5 Å². The van der Waals surface area contributed by atoms with Crippen molar-refractivity contribution in [2.45, 2.75) is 67.7 Å². The Hall–Kier alpha value is -3.47. The molecule has 0 radical (unpaired) electrons. The van der Waals surface area contributed by atoms with E-state index in [2.05, 4.69) is 96.0 Å². The van der Waals surface area contributed by atoms with Gasteiger partial charge in [-0.1, -0.05) is 70.9 Å². The lowest BCUT2D eigenvalue weighted by atomic mass is 9.96. The Morgan fingerprint density at radius 1 is 1.10 bits per heavy atom. The molecule has 0 saturated carbocycles. The zero-order valence-electron chi connectivity index (χ0n) is 26.0. The minimum Gasteiger partial charge on any atom is -0.496 e. The van der Waals surface area contributed by atoms with Gasteiger partial charge in [-0.05, 0) is 67.4 Å². The summed E-state index contributed by atoms with van der Waals surface area (Å²) < 4.78 is 11.6.